The number of carbonyl (C=O) groups is 3. The first-order valence-electron chi connectivity index (χ1n) is 12.1. The van der Waals surface area contributed by atoms with Gasteiger partial charge in [-0.2, -0.15) is 0 Å². The van der Waals surface area contributed by atoms with Crippen molar-refractivity contribution in [2.24, 2.45) is 0 Å². The third-order valence-electron chi connectivity index (χ3n) is 5.69. The molecule has 3 amide bonds. The van der Waals surface area contributed by atoms with Crippen LogP contribution in [-0.4, -0.2) is 47.1 Å². The highest BCUT2D eigenvalue weighted by Crippen LogP contribution is 2.35. The first-order chi connectivity index (χ1) is 19.3. The van der Waals surface area contributed by atoms with Gasteiger partial charge in [0.1, 0.15) is 18.9 Å². The third-order valence-corrected chi connectivity index (χ3v) is 6.60. The lowest BCUT2D eigenvalue weighted by Gasteiger charge is -2.14. The number of rotatable bonds is 11. The van der Waals surface area contributed by atoms with Gasteiger partial charge >= 0.3 is 0 Å². The van der Waals surface area contributed by atoms with Gasteiger partial charge in [0.15, 0.2) is 11.5 Å². The van der Waals surface area contributed by atoms with Crippen molar-refractivity contribution in [3.63, 3.8) is 0 Å². The molecule has 0 unspecified atom stereocenters. The molecule has 11 nitrogen and oxygen atoms in total. The van der Waals surface area contributed by atoms with E-state index in [1.807, 2.05) is 0 Å². The Kier molecular flexibility index (Phi) is 9.02. The first-order valence-corrected chi connectivity index (χ1v) is 12.9. The molecule has 1 heterocycles. The monoisotopic (exact) mass is 563 g/mol. The summed E-state index contributed by atoms with van der Waals surface area (Å²) < 4.78 is 16.7. The zero-order valence-corrected chi connectivity index (χ0v) is 22.4. The predicted molar refractivity (Wildman–Crippen MR) is 149 cm³/mol. The first kappa shape index (κ1) is 28.2. The fourth-order valence-corrected chi connectivity index (χ4v) is 4.68. The molecule has 0 radical (unpaired) electrons. The Balaban J connectivity index is 1.47. The van der Waals surface area contributed by atoms with Crippen molar-refractivity contribution in [1.82, 2.24) is 4.90 Å². The fourth-order valence-electron chi connectivity index (χ4n) is 3.84. The number of nitrogens with zero attached hydrogens (tertiary/aromatic N) is 2. The third kappa shape index (κ3) is 6.59. The van der Waals surface area contributed by atoms with Crippen LogP contribution in [0.1, 0.15) is 18.1 Å². The summed E-state index contributed by atoms with van der Waals surface area (Å²) in [6, 6.07) is 18.0. The van der Waals surface area contributed by atoms with Crippen LogP contribution in [0.15, 0.2) is 71.6 Å². The summed E-state index contributed by atoms with van der Waals surface area (Å²) in [6.45, 7) is 1.61. The number of hydrogen-bond donors (Lipinski definition) is 1. The van der Waals surface area contributed by atoms with Gasteiger partial charge in [-0.3, -0.25) is 29.4 Å². The minimum absolute atomic E-state index is 0.0492. The van der Waals surface area contributed by atoms with Gasteiger partial charge in [0.25, 0.3) is 16.8 Å². The molecular formula is C28H25N3O8S. The van der Waals surface area contributed by atoms with Crippen LogP contribution in [0.25, 0.3) is 6.08 Å². The molecule has 0 spiro atoms. The molecule has 1 saturated heterocycles. The van der Waals surface area contributed by atoms with Crippen LogP contribution in [0.4, 0.5) is 16.2 Å². The number of hydrogen-bond acceptors (Lipinski definition) is 9. The lowest BCUT2D eigenvalue weighted by atomic mass is 10.1. The number of nitro groups is 1. The zero-order valence-electron chi connectivity index (χ0n) is 21.6. The van der Waals surface area contributed by atoms with E-state index in [4.69, 9.17) is 14.2 Å². The second-order valence-corrected chi connectivity index (χ2v) is 9.32. The number of thioether (sulfide) groups is 1. The van der Waals surface area contributed by atoms with Crippen molar-refractivity contribution in [2.75, 3.05) is 25.6 Å². The summed E-state index contributed by atoms with van der Waals surface area (Å²) in [5.41, 5.74) is 1.34. The maximum atomic E-state index is 13.0. The van der Waals surface area contributed by atoms with Gasteiger partial charge in [0, 0.05) is 6.07 Å². The van der Waals surface area contributed by atoms with Crippen molar-refractivity contribution >= 4 is 46.3 Å². The number of amides is 3. The smallest absolute Gasteiger partial charge is 0.294 e. The highest BCUT2D eigenvalue weighted by atomic mass is 32.2. The van der Waals surface area contributed by atoms with E-state index in [1.54, 1.807) is 67.6 Å². The van der Waals surface area contributed by atoms with E-state index in [1.165, 1.54) is 19.3 Å². The summed E-state index contributed by atoms with van der Waals surface area (Å²) in [7, 11) is 1.47. The van der Waals surface area contributed by atoms with Gasteiger partial charge in [0.2, 0.25) is 5.91 Å². The van der Waals surface area contributed by atoms with Crippen LogP contribution in [0, 0.1) is 10.1 Å². The Morgan fingerprint density at radius 1 is 1.02 bits per heavy atom. The molecule has 3 aromatic rings. The number of ether oxygens (including phenoxy) is 3. The van der Waals surface area contributed by atoms with Crippen LogP contribution in [0.2, 0.25) is 0 Å². The molecule has 1 fully saturated rings. The van der Waals surface area contributed by atoms with Crippen LogP contribution >= 0.6 is 11.8 Å². The number of nitro benzene ring substituents is 1. The average Bonchev–Trinajstić information content (AvgIpc) is 3.20. The maximum Gasteiger partial charge on any atom is 0.294 e. The van der Waals surface area contributed by atoms with E-state index in [9.17, 15) is 24.5 Å². The number of carbonyl (C=O) groups excluding carboxylic acids is 3. The molecule has 12 heteroatoms. The summed E-state index contributed by atoms with van der Waals surface area (Å²) in [4.78, 5) is 49.9. The molecule has 206 valence electrons. The number of benzene rings is 3. The van der Waals surface area contributed by atoms with Crippen molar-refractivity contribution in [3.05, 3.63) is 92.9 Å². The second-order valence-electron chi connectivity index (χ2n) is 8.33. The number of anilines is 1. The van der Waals surface area contributed by atoms with E-state index in [2.05, 4.69) is 5.32 Å². The van der Waals surface area contributed by atoms with Gasteiger partial charge in [-0.1, -0.05) is 30.3 Å². The molecule has 0 bridgehead atoms. The minimum atomic E-state index is -0.597. The standard InChI is InChI=1S/C28H25N3O8S/c1-3-38-24-14-18(12-13-23(24)39-17-19-8-4-6-10-21(19)31(35)36)15-25-27(33)30(28(34)40-25)16-26(32)29-20-9-5-7-11-22(20)37-2/h4-15H,3,16-17H2,1-2H3,(H,29,32)/b25-15+. The zero-order chi connectivity index (χ0) is 28.6. The summed E-state index contributed by atoms with van der Waals surface area (Å²) >= 11 is 0.726. The fraction of sp³-hybridized carbons (Fsp3) is 0.179. The Labute approximate surface area is 233 Å². The number of nitrogens with one attached hydrogen (secondary N) is 1. The summed E-state index contributed by atoms with van der Waals surface area (Å²) in [5, 5.41) is 13.4. The van der Waals surface area contributed by atoms with Crippen LogP contribution < -0.4 is 19.5 Å². The number of imide groups is 1. The van der Waals surface area contributed by atoms with Gasteiger partial charge in [0.05, 0.1) is 34.8 Å². The molecule has 0 saturated carbocycles. The molecular weight excluding hydrogens is 538 g/mol. The molecule has 0 atom stereocenters. The van der Waals surface area contributed by atoms with E-state index in [0.717, 1.165) is 16.7 Å². The lowest BCUT2D eigenvalue weighted by molar-refractivity contribution is -0.385. The molecule has 1 aliphatic heterocycles. The SMILES string of the molecule is CCOc1cc(/C=C2/SC(=O)N(CC(=O)Nc3ccccc3OC)C2=O)ccc1OCc1ccccc1[N+](=O)[O-]. The molecule has 40 heavy (non-hydrogen) atoms. The quantitative estimate of drug-likeness (QED) is 0.188. The molecule has 3 aromatic carbocycles. The molecule has 0 aliphatic carbocycles. The largest absolute Gasteiger partial charge is 0.495 e. The highest BCUT2D eigenvalue weighted by Gasteiger charge is 2.36. The maximum absolute atomic E-state index is 13.0. The Morgan fingerprint density at radius 2 is 1.77 bits per heavy atom. The van der Waals surface area contributed by atoms with E-state index < -0.39 is 28.5 Å². The molecule has 1 N–H and O–H groups in total. The van der Waals surface area contributed by atoms with Gasteiger partial charge in [-0.25, -0.2) is 0 Å². The van der Waals surface area contributed by atoms with Gasteiger partial charge in [-0.15, -0.1) is 0 Å². The summed E-state index contributed by atoms with van der Waals surface area (Å²) in [5.74, 6) is 0.0274. The second kappa shape index (κ2) is 12.8. The van der Waals surface area contributed by atoms with Crippen molar-refractivity contribution in [1.29, 1.82) is 0 Å². The Hall–Kier alpha value is -4.84. The Morgan fingerprint density at radius 3 is 2.52 bits per heavy atom. The van der Waals surface area contributed by atoms with Crippen LogP contribution in [0.5, 0.6) is 17.2 Å². The number of methoxy groups -OCH3 is 1. The highest BCUT2D eigenvalue weighted by molar-refractivity contribution is 8.18. The molecule has 0 aromatic heterocycles. The van der Waals surface area contributed by atoms with Crippen LogP contribution in [0.3, 0.4) is 0 Å². The van der Waals surface area contributed by atoms with Crippen LogP contribution in [-0.2, 0) is 16.2 Å². The van der Waals surface area contributed by atoms with Crippen molar-refractivity contribution in [3.8, 4) is 17.2 Å². The molecule has 1 aliphatic rings. The van der Waals surface area contributed by atoms with Gasteiger partial charge < -0.3 is 19.5 Å². The lowest BCUT2D eigenvalue weighted by Crippen LogP contribution is -2.36. The average molecular weight is 564 g/mol. The van der Waals surface area contributed by atoms with E-state index >= 15 is 0 Å². The summed E-state index contributed by atoms with van der Waals surface area (Å²) in [6.07, 6.45) is 1.53. The molecule has 4 rings (SSSR count). The van der Waals surface area contributed by atoms with Gasteiger partial charge in [-0.05, 0) is 60.7 Å². The van der Waals surface area contributed by atoms with E-state index in [0.29, 0.717) is 40.7 Å². The topological polar surface area (TPSA) is 137 Å². The Bertz CT molecular complexity index is 1490. The van der Waals surface area contributed by atoms with Crippen molar-refractivity contribution in [2.45, 2.75) is 13.5 Å². The minimum Gasteiger partial charge on any atom is -0.495 e. The van der Waals surface area contributed by atoms with E-state index in [-0.39, 0.29) is 17.2 Å². The van der Waals surface area contributed by atoms with Crippen molar-refractivity contribution < 1.29 is 33.5 Å². The predicted octanol–water partition coefficient (Wildman–Crippen LogP) is 5.26. The normalized spacial score (nSPS) is 13.8. The number of para-hydroxylation sites is 3.